The lowest BCUT2D eigenvalue weighted by atomic mass is 9.99. The maximum atomic E-state index is 13.8. The van der Waals surface area contributed by atoms with Crippen molar-refractivity contribution in [3.63, 3.8) is 0 Å². The van der Waals surface area contributed by atoms with Gasteiger partial charge in [-0.15, -0.1) is 0 Å². The molecule has 11 heteroatoms. The maximum Gasteiger partial charge on any atom is 0.407 e. The summed E-state index contributed by atoms with van der Waals surface area (Å²) in [7, 11) is 1.24. The molecular formula is C43H47N5O6. The lowest BCUT2D eigenvalue weighted by Gasteiger charge is -2.29. The standard InChI is InChI=1S/C43H47N5O6/c1-27-25-32(19-21-34(27)44-39(49)36-17-11-23-47(36)41(51)29(3)30-13-7-5-8-14-30)33-20-22-35(28(2)26-33)45-40(50)37-18-12-24-48(37)42(52)38(46-43(53)54-4)31-15-9-6-10-16-31/h5-10,13-16,19-22,25-26,29,36-38H,11-12,17-18,23-24H2,1-4H3,(H,44,49)(H,45,50)(H,46,53)/t29-,36+,37+,38-/m1/s1. The van der Waals surface area contributed by atoms with E-state index in [4.69, 9.17) is 4.74 Å². The van der Waals surface area contributed by atoms with Gasteiger partial charge in [-0.2, -0.15) is 0 Å². The molecule has 280 valence electrons. The van der Waals surface area contributed by atoms with Crippen LogP contribution >= 0.6 is 0 Å². The molecule has 2 fully saturated rings. The van der Waals surface area contributed by atoms with Gasteiger partial charge in [0.2, 0.25) is 17.7 Å². The molecule has 0 radical (unpaired) electrons. The Morgan fingerprint density at radius 1 is 0.648 bits per heavy atom. The van der Waals surface area contributed by atoms with E-state index >= 15 is 0 Å². The van der Waals surface area contributed by atoms with E-state index in [2.05, 4.69) is 16.0 Å². The Balaban J connectivity index is 1.10. The molecule has 0 unspecified atom stereocenters. The van der Waals surface area contributed by atoms with Crippen molar-refractivity contribution in [2.75, 3.05) is 30.8 Å². The average molecular weight is 730 g/mol. The predicted molar refractivity (Wildman–Crippen MR) is 208 cm³/mol. The number of nitrogens with zero attached hydrogens (tertiary/aromatic N) is 2. The smallest absolute Gasteiger partial charge is 0.407 e. The summed E-state index contributed by atoms with van der Waals surface area (Å²) in [5.74, 6) is -1.24. The van der Waals surface area contributed by atoms with Crippen LogP contribution in [-0.4, -0.2) is 71.8 Å². The molecule has 2 aliphatic rings. The summed E-state index contributed by atoms with van der Waals surface area (Å²) in [5.41, 5.74) is 6.45. The largest absolute Gasteiger partial charge is 0.453 e. The second-order valence-corrected chi connectivity index (χ2v) is 14.0. The summed E-state index contributed by atoms with van der Waals surface area (Å²) in [4.78, 5) is 69.7. The fraction of sp³-hybridized carbons (Fsp3) is 0.326. The molecule has 4 aromatic carbocycles. The number of ether oxygens (including phenoxy) is 1. The minimum Gasteiger partial charge on any atom is -0.453 e. The van der Waals surface area contributed by atoms with E-state index in [1.807, 2.05) is 93.6 Å². The topological polar surface area (TPSA) is 137 Å². The first-order chi connectivity index (χ1) is 26.0. The average Bonchev–Trinajstić information content (AvgIpc) is 3.90. The minimum atomic E-state index is -0.994. The molecule has 0 aliphatic carbocycles. The van der Waals surface area contributed by atoms with Crippen molar-refractivity contribution in [2.45, 2.75) is 70.5 Å². The maximum absolute atomic E-state index is 13.8. The van der Waals surface area contributed by atoms with E-state index < -0.39 is 24.2 Å². The Labute approximate surface area is 316 Å². The fourth-order valence-electron chi connectivity index (χ4n) is 7.41. The van der Waals surface area contributed by atoms with Crippen LogP contribution in [0.1, 0.15) is 66.8 Å². The van der Waals surface area contributed by atoms with Crippen LogP contribution in [0.15, 0.2) is 97.1 Å². The Morgan fingerprint density at radius 3 is 1.57 bits per heavy atom. The lowest BCUT2D eigenvalue weighted by Crippen LogP contribution is -2.48. The molecule has 0 bridgehead atoms. The molecule has 2 aliphatic heterocycles. The summed E-state index contributed by atoms with van der Waals surface area (Å²) in [6.07, 6.45) is 1.81. The van der Waals surface area contributed by atoms with Crippen LogP contribution in [0.2, 0.25) is 0 Å². The third-order valence-corrected chi connectivity index (χ3v) is 10.5. The SMILES string of the molecule is COC(=O)N[C@@H](C(=O)N1CCC[C@H]1C(=O)Nc1ccc(-c2ccc(NC(=O)[C@@H]3CCCN3C(=O)[C@H](C)c3ccccc3)c(C)c2)cc1C)c1ccccc1. The van der Waals surface area contributed by atoms with Crippen molar-refractivity contribution in [3.8, 4) is 11.1 Å². The number of anilines is 2. The number of amides is 5. The zero-order valence-electron chi connectivity index (χ0n) is 31.1. The van der Waals surface area contributed by atoms with Gasteiger partial charge in [0.1, 0.15) is 18.1 Å². The number of hydrogen-bond donors (Lipinski definition) is 3. The van der Waals surface area contributed by atoms with E-state index in [1.165, 1.54) is 12.0 Å². The predicted octanol–water partition coefficient (Wildman–Crippen LogP) is 6.73. The highest BCUT2D eigenvalue weighted by Crippen LogP contribution is 2.31. The third-order valence-electron chi connectivity index (χ3n) is 10.5. The number of carbonyl (C=O) groups excluding carboxylic acids is 5. The van der Waals surface area contributed by atoms with E-state index in [-0.39, 0.29) is 29.5 Å². The van der Waals surface area contributed by atoms with Gasteiger partial charge in [0.25, 0.3) is 5.91 Å². The number of carbonyl (C=O) groups is 5. The number of alkyl carbamates (subject to hydrolysis) is 1. The summed E-state index contributed by atoms with van der Waals surface area (Å²) in [6.45, 7) is 6.69. The van der Waals surface area contributed by atoms with Crippen molar-refractivity contribution in [1.29, 1.82) is 0 Å². The number of aryl methyl sites for hydroxylation is 2. The minimum absolute atomic E-state index is 0.0420. The highest BCUT2D eigenvalue weighted by atomic mass is 16.5. The highest BCUT2D eigenvalue weighted by Gasteiger charge is 2.39. The number of hydrogen-bond acceptors (Lipinski definition) is 6. The summed E-state index contributed by atoms with van der Waals surface area (Å²) in [6, 6.07) is 27.9. The first-order valence-corrected chi connectivity index (χ1v) is 18.4. The Bertz CT molecular complexity index is 2020. The van der Waals surface area contributed by atoms with Gasteiger partial charge in [0.15, 0.2) is 0 Å². The van der Waals surface area contributed by atoms with Gasteiger partial charge in [0.05, 0.1) is 13.0 Å². The van der Waals surface area contributed by atoms with Gasteiger partial charge in [-0.25, -0.2) is 4.79 Å². The van der Waals surface area contributed by atoms with Gasteiger partial charge in [-0.05, 0) is 104 Å². The zero-order chi connectivity index (χ0) is 38.4. The summed E-state index contributed by atoms with van der Waals surface area (Å²) >= 11 is 0. The second kappa shape index (κ2) is 16.8. The van der Waals surface area contributed by atoms with E-state index in [0.717, 1.165) is 34.2 Å². The molecule has 0 saturated carbocycles. The van der Waals surface area contributed by atoms with Crippen LogP contribution in [0, 0.1) is 13.8 Å². The van der Waals surface area contributed by atoms with Crippen LogP contribution in [0.4, 0.5) is 16.2 Å². The van der Waals surface area contributed by atoms with Gasteiger partial charge in [-0.1, -0.05) is 72.8 Å². The molecule has 5 amide bonds. The van der Waals surface area contributed by atoms with Crippen LogP contribution < -0.4 is 16.0 Å². The lowest BCUT2D eigenvalue weighted by molar-refractivity contribution is -0.138. The molecule has 3 N–H and O–H groups in total. The van der Waals surface area contributed by atoms with Gasteiger partial charge in [0, 0.05) is 24.5 Å². The Kier molecular flexibility index (Phi) is 11.7. The Hall–Kier alpha value is -5.97. The van der Waals surface area contributed by atoms with Crippen molar-refractivity contribution in [2.24, 2.45) is 0 Å². The monoisotopic (exact) mass is 729 g/mol. The van der Waals surface area contributed by atoms with Crippen LogP contribution in [-0.2, 0) is 23.9 Å². The van der Waals surface area contributed by atoms with Crippen molar-refractivity contribution < 1.29 is 28.7 Å². The van der Waals surface area contributed by atoms with Gasteiger partial charge < -0.3 is 30.5 Å². The molecule has 4 aromatic rings. The van der Waals surface area contributed by atoms with Gasteiger partial charge >= 0.3 is 6.09 Å². The first-order valence-electron chi connectivity index (χ1n) is 18.4. The number of nitrogens with one attached hydrogen (secondary N) is 3. The second-order valence-electron chi connectivity index (χ2n) is 14.0. The summed E-state index contributed by atoms with van der Waals surface area (Å²) in [5, 5.41) is 8.71. The number of methoxy groups -OCH3 is 1. The van der Waals surface area contributed by atoms with E-state index in [0.29, 0.717) is 49.3 Å². The molecule has 2 saturated heterocycles. The molecular weight excluding hydrogens is 683 g/mol. The van der Waals surface area contributed by atoms with Crippen molar-refractivity contribution in [1.82, 2.24) is 15.1 Å². The quantitative estimate of drug-likeness (QED) is 0.166. The van der Waals surface area contributed by atoms with Crippen LogP contribution in [0.3, 0.4) is 0 Å². The molecule has 0 aromatic heterocycles. The summed E-state index contributed by atoms with van der Waals surface area (Å²) < 4.78 is 4.77. The fourth-order valence-corrected chi connectivity index (χ4v) is 7.41. The van der Waals surface area contributed by atoms with Crippen molar-refractivity contribution in [3.05, 3.63) is 119 Å². The zero-order valence-corrected chi connectivity index (χ0v) is 31.1. The van der Waals surface area contributed by atoms with Gasteiger partial charge in [-0.3, -0.25) is 19.2 Å². The Morgan fingerprint density at radius 2 is 1.11 bits per heavy atom. The van der Waals surface area contributed by atoms with Crippen LogP contribution in [0.5, 0.6) is 0 Å². The first kappa shape index (κ1) is 37.8. The van der Waals surface area contributed by atoms with Crippen LogP contribution in [0.25, 0.3) is 11.1 Å². The number of benzene rings is 4. The number of rotatable bonds is 10. The van der Waals surface area contributed by atoms with Crippen molar-refractivity contribution >= 4 is 41.1 Å². The molecule has 11 nitrogen and oxygen atoms in total. The molecule has 4 atom stereocenters. The third kappa shape index (κ3) is 8.30. The highest BCUT2D eigenvalue weighted by molar-refractivity contribution is 6.00. The molecule has 54 heavy (non-hydrogen) atoms. The number of likely N-dealkylation sites (tertiary alicyclic amines) is 2. The molecule has 6 rings (SSSR count). The molecule has 0 spiro atoms. The normalized spacial score (nSPS) is 17.7. The van der Waals surface area contributed by atoms with E-state index in [9.17, 15) is 24.0 Å². The van der Waals surface area contributed by atoms with E-state index in [1.54, 1.807) is 29.2 Å². The molecule has 2 heterocycles.